The van der Waals surface area contributed by atoms with Crippen molar-refractivity contribution in [1.29, 1.82) is 0 Å². The zero-order chi connectivity index (χ0) is 13.4. The summed E-state index contributed by atoms with van der Waals surface area (Å²) in [6, 6.07) is 12.0. The molecule has 1 aliphatic carbocycles. The van der Waals surface area contributed by atoms with Crippen molar-refractivity contribution < 1.29 is 0 Å². The Hall–Kier alpha value is -0.770. The highest BCUT2D eigenvalue weighted by atomic mass is 32.2. The van der Waals surface area contributed by atoms with Gasteiger partial charge in [-0.25, -0.2) is 0 Å². The highest BCUT2D eigenvalue weighted by Crippen LogP contribution is 2.39. The Bertz CT molecular complexity index is 549. The molecule has 4 rings (SSSR count). The number of rotatable bonds is 5. The third-order valence-electron chi connectivity index (χ3n) is 4.18. The van der Waals surface area contributed by atoms with Crippen LogP contribution >= 0.6 is 23.1 Å². The molecule has 1 saturated carbocycles. The molecule has 104 valence electrons. The Kier molecular flexibility index (Phi) is 3.59. The average Bonchev–Trinajstić information content (AvgIpc) is 3.03. The highest BCUT2D eigenvalue weighted by molar-refractivity contribution is 8.00. The fourth-order valence-electron chi connectivity index (χ4n) is 3.02. The maximum absolute atomic E-state index is 2.71. The molecule has 1 aliphatic heterocycles. The summed E-state index contributed by atoms with van der Waals surface area (Å²) in [5.74, 6) is 0. The van der Waals surface area contributed by atoms with E-state index < -0.39 is 0 Å². The van der Waals surface area contributed by atoms with E-state index >= 15 is 0 Å². The SMILES string of the molecule is c1ccc2c(c1)CC(CN(Cc1ccsc1)C1CC1)S2. The van der Waals surface area contributed by atoms with Crippen molar-refractivity contribution in [2.75, 3.05) is 6.54 Å². The van der Waals surface area contributed by atoms with Crippen molar-refractivity contribution in [2.45, 2.75) is 42.0 Å². The maximum atomic E-state index is 2.71. The second kappa shape index (κ2) is 5.55. The highest BCUT2D eigenvalue weighted by Gasteiger charge is 2.32. The van der Waals surface area contributed by atoms with Gasteiger partial charge in [0.2, 0.25) is 0 Å². The van der Waals surface area contributed by atoms with Crippen molar-refractivity contribution >= 4 is 23.1 Å². The number of nitrogens with zero attached hydrogens (tertiary/aromatic N) is 1. The third kappa shape index (κ3) is 2.80. The first-order chi connectivity index (χ1) is 9.88. The van der Waals surface area contributed by atoms with Crippen molar-refractivity contribution in [1.82, 2.24) is 4.90 Å². The van der Waals surface area contributed by atoms with Crippen LogP contribution in [0.3, 0.4) is 0 Å². The van der Waals surface area contributed by atoms with Crippen molar-refractivity contribution in [2.24, 2.45) is 0 Å². The van der Waals surface area contributed by atoms with E-state index in [1.807, 2.05) is 11.3 Å². The predicted molar refractivity (Wildman–Crippen MR) is 87.5 cm³/mol. The lowest BCUT2D eigenvalue weighted by molar-refractivity contribution is 0.256. The summed E-state index contributed by atoms with van der Waals surface area (Å²) in [7, 11) is 0. The van der Waals surface area contributed by atoms with E-state index in [9.17, 15) is 0 Å². The molecule has 2 heterocycles. The van der Waals surface area contributed by atoms with Crippen LogP contribution in [0.15, 0.2) is 46.0 Å². The number of hydrogen-bond acceptors (Lipinski definition) is 3. The quantitative estimate of drug-likeness (QED) is 0.804. The van der Waals surface area contributed by atoms with Gasteiger partial charge in [0, 0.05) is 29.3 Å². The lowest BCUT2D eigenvalue weighted by Crippen LogP contribution is -2.32. The Morgan fingerprint density at radius 3 is 2.80 bits per heavy atom. The van der Waals surface area contributed by atoms with Gasteiger partial charge >= 0.3 is 0 Å². The summed E-state index contributed by atoms with van der Waals surface area (Å²) in [5, 5.41) is 5.23. The summed E-state index contributed by atoms with van der Waals surface area (Å²) in [5.41, 5.74) is 3.04. The monoisotopic (exact) mass is 301 g/mol. The molecule has 0 bridgehead atoms. The number of fused-ring (bicyclic) bond motifs is 1. The molecule has 1 aromatic heterocycles. The van der Waals surface area contributed by atoms with Crippen LogP contribution in [0.4, 0.5) is 0 Å². The van der Waals surface area contributed by atoms with Gasteiger partial charge in [0.05, 0.1) is 0 Å². The average molecular weight is 301 g/mol. The van der Waals surface area contributed by atoms with Crippen molar-refractivity contribution in [3.05, 3.63) is 52.2 Å². The van der Waals surface area contributed by atoms with E-state index in [1.165, 1.54) is 36.3 Å². The zero-order valence-corrected chi connectivity index (χ0v) is 13.1. The van der Waals surface area contributed by atoms with Gasteiger partial charge in [-0.2, -0.15) is 11.3 Å². The molecule has 3 heteroatoms. The Morgan fingerprint density at radius 1 is 1.15 bits per heavy atom. The minimum absolute atomic E-state index is 0.742. The van der Waals surface area contributed by atoms with Gasteiger partial charge in [-0.05, 0) is 53.3 Å². The molecule has 2 aliphatic rings. The molecule has 0 spiro atoms. The standard InChI is InChI=1S/C17H19NS2/c1-2-4-17-14(3-1)9-16(20-17)11-18(15-5-6-15)10-13-7-8-19-12-13/h1-4,7-8,12,15-16H,5-6,9-11H2. The van der Waals surface area contributed by atoms with Crippen molar-refractivity contribution in [3.8, 4) is 0 Å². The van der Waals surface area contributed by atoms with Crippen LogP contribution in [0.25, 0.3) is 0 Å². The number of thiophene rings is 1. The minimum Gasteiger partial charge on any atom is -0.295 e. The first-order valence-electron chi connectivity index (χ1n) is 7.38. The zero-order valence-electron chi connectivity index (χ0n) is 11.5. The van der Waals surface area contributed by atoms with E-state index in [4.69, 9.17) is 0 Å². The van der Waals surface area contributed by atoms with Crippen LogP contribution in [0, 0.1) is 0 Å². The fraction of sp³-hybridized carbons (Fsp3) is 0.412. The van der Waals surface area contributed by atoms with Gasteiger partial charge in [0.1, 0.15) is 0 Å². The molecule has 1 unspecified atom stereocenters. The number of hydrogen-bond donors (Lipinski definition) is 0. The Balaban J connectivity index is 1.42. The second-order valence-electron chi connectivity index (χ2n) is 5.84. The maximum Gasteiger partial charge on any atom is 0.0263 e. The van der Waals surface area contributed by atoms with Gasteiger partial charge in [0.25, 0.3) is 0 Å². The van der Waals surface area contributed by atoms with E-state index in [0.717, 1.165) is 17.8 Å². The predicted octanol–water partition coefficient (Wildman–Crippen LogP) is 4.43. The van der Waals surface area contributed by atoms with Crippen LogP contribution in [0.5, 0.6) is 0 Å². The summed E-state index contributed by atoms with van der Waals surface area (Å²) >= 11 is 3.90. The fourth-order valence-corrected chi connectivity index (χ4v) is 5.02. The lowest BCUT2D eigenvalue weighted by Gasteiger charge is -2.24. The number of thioether (sulfide) groups is 1. The molecule has 1 nitrogen and oxygen atoms in total. The van der Waals surface area contributed by atoms with Crippen LogP contribution < -0.4 is 0 Å². The summed E-state index contributed by atoms with van der Waals surface area (Å²) in [6.45, 7) is 2.38. The smallest absolute Gasteiger partial charge is 0.0263 e. The van der Waals surface area contributed by atoms with Crippen LogP contribution in [0.2, 0.25) is 0 Å². The molecule has 20 heavy (non-hydrogen) atoms. The molecule has 1 atom stereocenters. The van der Waals surface area contributed by atoms with Gasteiger partial charge in [-0.15, -0.1) is 11.8 Å². The van der Waals surface area contributed by atoms with E-state index in [1.54, 1.807) is 5.56 Å². The molecule has 2 aromatic rings. The first kappa shape index (κ1) is 12.9. The largest absolute Gasteiger partial charge is 0.295 e. The topological polar surface area (TPSA) is 3.24 Å². The third-order valence-corrected chi connectivity index (χ3v) is 6.21. The van der Waals surface area contributed by atoms with E-state index in [-0.39, 0.29) is 0 Å². The van der Waals surface area contributed by atoms with E-state index in [0.29, 0.717) is 0 Å². The van der Waals surface area contributed by atoms with Gasteiger partial charge < -0.3 is 0 Å². The van der Waals surface area contributed by atoms with Crippen LogP contribution in [-0.2, 0) is 13.0 Å². The van der Waals surface area contributed by atoms with Crippen LogP contribution in [-0.4, -0.2) is 22.7 Å². The number of benzene rings is 1. The lowest BCUT2D eigenvalue weighted by atomic mass is 10.1. The summed E-state index contributed by atoms with van der Waals surface area (Å²) < 4.78 is 0. The molecule has 0 saturated heterocycles. The van der Waals surface area contributed by atoms with Gasteiger partial charge in [-0.3, -0.25) is 4.90 Å². The molecule has 0 amide bonds. The summed E-state index contributed by atoms with van der Waals surface area (Å²) in [6.07, 6.45) is 4.04. The minimum atomic E-state index is 0.742. The van der Waals surface area contributed by atoms with Gasteiger partial charge in [0.15, 0.2) is 0 Å². The molecule has 1 fully saturated rings. The van der Waals surface area contributed by atoms with E-state index in [2.05, 4.69) is 57.8 Å². The Labute approximate surface area is 129 Å². The molecule has 1 aromatic carbocycles. The Morgan fingerprint density at radius 2 is 2.05 bits per heavy atom. The molecular weight excluding hydrogens is 282 g/mol. The molecular formula is C17H19NS2. The van der Waals surface area contributed by atoms with Crippen LogP contribution in [0.1, 0.15) is 24.0 Å². The molecule has 0 N–H and O–H groups in total. The summed E-state index contributed by atoms with van der Waals surface area (Å²) in [4.78, 5) is 4.22. The molecule has 0 radical (unpaired) electrons. The normalized spacial score (nSPS) is 21.4. The van der Waals surface area contributed by atoms with Gasteiger partial charge in [-0.1, -0.05) is 18.2 Å². The van der Waals surface area contributed by atoms with Crippen molar-refractivity contribution in [3.63, 3.8) is 0 Å². The first-order valence-corrected chi connectivity index (χ1v) is 9.20. The second-order valence-corrected chi connectivity index (χ2v) is 7.97.